The highest BCUT2D eigenvalue weighted by molar-refractivity contribution is 6.52. The number of benzene rings is 1. The van der Waals surface area contributed by atoms with Crippen LogP contribution in [0.5, 0.6) is 0 Å². The molecule has 1 heterocycles. The fourth-order valence-electron chi connectivity index (χ4n) is 2.17. The maximum absolute atomic E-state index is 12.0. The Labute approximate surface area is 115 Å². The molecule has 7 heteroatoms. The lowest BCUT2D eigenvalue weighted by molar-refractivity contribution is -0.384. The van der Waals surface area contributed by atoms with Gasteiger partial charge in [0.25, 0.3) is 11.5 Å². The van der Waals surface area contributed by atoms with Gasteiger partial charge in [-0.05, 0) is 19.2 Å². The van der Waals surface area contributed by atoms with Crippen molar-refractivity contribution in [3.8, 4) is 0 Å². The molecule has 7 nitrogen and oxygen atoms in total. The molecule has 0 bridgehead atoms. The van der Waals surface area contributed by atoms with Gasteiger partial charge >= 0.3 is 5.91 Å². The number of nitrogens with zero attached hydrogens (tertiary/aromatic N) is 3. The summed E-state index contributed by atoms with van der Waals surface area (Å²) < 4.78 is 0. The number of nitro benzene ring substituents is 1. The van der Waals surface area contributed by atoms with Gasteiger partial charge in [-0.25, -0.2) is 0 Å². The number of carbonyl (C=O) groups is 2. The first-order valence-corrected chi connectivity index (χ1v) is 6.36. The molecule has 1 aliphatic rings. The molecule has 0 N–H and O–H groups in total. The van der Waals surface area contributed by atoms with Crippen molar-refractivity contribution in [2.75, 3.05) is 24.7 Å². The second-order valence-corrected chi connectivity index (χ2v) is 4.47. The molecule has 1 aromatic carbocycles. The lowest BCUT2D eigenvalue weighted by Gasteiger charge is -2.25. The van der Waals surface area contributed by atoms with E-state index in [-0.39, 0.29) is 11.3 Å². The molecule has 1 aliphatic heterocycles. The first-order chi connectivity index (χ1) is 9.49. The van der Waals surface area contributed by atoms with Crippen molar-refractivity contribution in [2.24, 2.45) is 0 Å². The highest BCUT2D eigenvalue weighted by Gasteiger charge is 2.37. The minimum Gasteiger partial charge on any atom is -0.291 e. The average Bonchev–Trinajstić information content (AvgIpc) is 2.68. The molecule has 1 aromatic rings. The molecule has 20 heavy (non-hydrogen) atoms. The molecular weight excluding hydrogens is 262 g/mol. The van der Waals surface area contributed by atoms with Crippen LogP contribution in [-0.4, -0.2) is 41.3 Å². The summed E-state index contributed by atoms with van der Waals surface area (Å²) in [4.78, 5) is 37.4. The quantitative estimate of drug-likeness (QED) is 0.462. The Hall–Kier alpha value is -2.28. The Morgan fingerprint density at radius 2 is 1.90 bits per heavy atom. The van der Waals surface area contributed by atoms with Crippen molar-refractivity contribution in [3.05, 3.63) is 33.9 Å². The van der Waals surface area contributed by atoms with Crippen LogP contribution in [0.1, 0.15) is 24.2 Å². The van der Waals surface area contributed by atoms with E-state index in [1.54, 1.807) is 0 Å². The Morgan fingerprint density at radius 3 is 2.45 bits per heavy atom. The summed E-state index contributed by atoms with van der Waals surface area (Å²) in [5.41, 5.74) is 0.364. The summed E-state index contributed by atoms with van der Waals surface area (Å²) in [6, 6.07) is 3.93. The number of ketones is 1. The number of amides is 1. The number of anilines is 1. The smallest absolute Gasteiger partial charge is 0.291 e. The Morgan fingerprint density at radius 1 is 1.25 bits per heavy atom. The van der Waals surface area contributed by atoms with E-state index in [2.05, 4.69) is 0 Å². The maximum Gasteiger partial charge on any atom is 0.300 e. The van der Waals surface area contributed by atoms with Crippen LogP contribution in [0.3, 0.4) is 0 Å². The van der Waals surface area contributed by atoms with Gasteiger partial charge < -0.3 is 0 Å². The zero-order valence-corrected chi connectivity index (χ0v) is 11.3. The normalized spacial score (nSPS) is 14.1. The summed E-state index contributed by atoms with van der Waals surface area (Å²) in [5.74, 6) is -1.32. The van der Waals surface area contributed by atoms with Crippen LogP contribution in [0.4, 0.5) is 11.4 Å². The van der Waals surface area contributed by atoms with Crippen molar-refractivity contribution >= 4 is 23.1 Å². The van der Waals surface area contributed by atoms with Crippen molar-refractivity contribution < 1.29 is 14.5 Å². The minimum atomic E-state index is -0.684. The highest BCUT2D eigenvalue weighted by atomic mass is 16.6. The third-order valence-corrected chi connectivity index (χ3v) is 3.40. The third-order valence-electron chi connectivity index (χ3n) is 3.40. The van der Waals surface area contributed by atoms with E-state index in [9.17, 15) is 19.7 Å². The maximum atomic E-state index is 12.0. The molecule has 0 saturated carbocycles. The zero-order valence-electron chi connectivity index (χ0n) is 11.3. The Balaban J connectivity index is 2.38. The summed E-state index contributed by atoms with van der Waals surface area (Å²) in [7, 11) is 0. The van der Waals surface area contributed by atoms with Crippen LogP contribution in [0.2, 0.25) is 0 Å². The molecule has 106 valence electrons. The van der Waals surface area contributed by atoms with Crippen molar-refractivity contribution in [2.45, 2.75) is 13.8 Å². The minimum absolute atomic E-state index is 0.108. The van der Waals surface area contributed by atoms with Gasteiger partial charge in [-0.15, -0.1) is 0 Å². The van der Waals surface area contributed by atoms with E-state index in [0.29, 0.717) is 12.4 Å². The van der Waals surface area contributed by atoms with Gasteiger partial charge in [0.1, 0.15) is 0 Å². The summed E-state index contributed by atoms with van der Waals surface area (Å²) in [6.07, 6.45) is 0. The largest absolute Gasteiger partial charge is 0.300 e. The van der Waals surface area contributed by atoms with Crippen LogP contribution >= 0.6 is 0 Å². The van der Waals surface area contributed by atoms with Gasteiger partial charge in [0, 0.05) is 12.1 Å². The number of hydrogen-bond donors (Lipinski definition) is 0. The van der Waals surface area contributed by atoms with E-state index >= 15 is 0 Å². The molecule has 1 amide bonds. The lowest BCUT2D eigenvalue weighted by atomic mass is 10.1. The van der Waals surface area contributed by atoms with Gasteiger partial charge in [-0.1, -0.05) is 13.8 Å². The molecule has 0 radical (unpaired) electrons. The molecule has 0 aromatic heterocycles. The zero-order chi connectivity index (χ0) is 14.9. The van der Waals surface area contributed by atoms with E-state index in [1.807, 2.05) is 18.7 Å². The molecule has 0 atom stereocenters. The Kier molecular flexibility index (Phi) is 3.80. The van der Waals surface area contributed by atoms with Crippen molar-refractivity contribution in [3.63, 3.8) is 0 Å². The van der Waals surface area contributed by atoms with Gasteiger partial charge in [0.2, 0.25) is 0 Å². The number of fused-ring (bicyclic) bond motifs is 1. The third kappa shape index (κ3) is 2.27. The topological polar surface area (TPSA) is 83.8 Å². The fourth-order valence-corrected chi connectivity index (χ4v) is 2.17. The molecule has 0 fully saturated rings. The van der Waals surface area contributed by atoms with Gasteiger partial charge in [-0.2, -0.15) is 0 Å². The molecular formula is C13H15N3O4. The number of hydrogen-bond acceptors (Lipinski definition) is 5. The standard InChI is InChI=1S/C13H15N3O4/c1-3-14(4-2)8-15-11-6-5-9(16(19)20)7-10(11)12(17)13(15)18/h5-7H,3-4,8H2,1-2H3. The van der Waals surface area contributed by atoms with Gasteiger partial charge in [0.15, 0.2) is 0 Å². The van der Waals surface area contributed by atoms with Crippen molar-refractivity contribution in [1.29, 1.82) is 0 Å². The van der Waals surface area contributed by atoms with Crippen LogP contribution in [0, 0.1) is 10.1 Å². The fraction of sp³-hybridized carbons (Fsp3) is 0.385. The molecule has 0 saturated heterocycles. The van der Waals surface area contributed by atoms with Crippen LogP contribution in [-0.2, 0) is 4.79 Å². The highest BCUT2D eigenvalue weighted by Crippen LogP contribution is 2.31. The summed E-state index contributed by atoms with van der Waals surface area (Å²) in [6.45, 7) is 5.72. The van der Waals surface area contributed by atoms with E-state index in [1.165, 1.54) is 17.0 Å². The number of rotatable bonds is 5. The molecule has 2 rings (SSSR count). The Bertz CT molecular complexity index is 581. The molecule has 0 aliphatic carbocycles. The predicted molar refractivity (Wildman–Crippen MR) is 72.7 cm³/mol. The van der Waals surface area contributed by atoms with E-state index in [4.69, 9.17) is 0 Å². The van der Waals surface area contributed by atoms with E-state index < -0.39 is 16.6 Å². The van der Waals surface area contributed by atoms with E-state index in [0.717, 1.165) is 19.2 Å². The monoisotopic (exact) mass is 277 g/mol. The number of non-ortho nitro benzene ring substituents is 1. The molecule has 0 unspecified atom stereocenters. The number of Topliss-reactive ketones (excluding diaryl/α,β-unsaturated/α-hetero) is 1. The summed E-state index contributed by atoms with van der Waals surface area (Å²) >= 11 is 0. The van der Waals surface area contributed by atoms with Gasteiger partial charge in [0.05, 0.1) is 22.8 Å². The first-order valence-electron chi connectivity index (χ1n) is 6.36. The average molecular weight is 277 g/mol. The SMILES string of the molecule is CCN(CC)CN1C(=O)C(=O)c2cc([N+](=O)[O-])ccc21. The predicted octanol–water partition coefficient (Wildman–Crippen LogP) is 1.42. The van der Waals surface area contributed by atoms with Crippen LogP contribution in [0.25, 0.3) is 0 Å². The number of nitro groups is 1. The number of carbonyl (C=O) groups excluding carboxylic acids is 2. The van der Waals surface area contributed by atoms with Crippen LogP contribution < -0.4 is 4.90 Å². The second-order valence-electron chi connectivity index (χ2n) is 4.47. The second kappa shape index (κ2) is 5.38. The summed E-state index contributed by atoms with van der Waals surface area (Å²) in [5, 5.41) is 10.7. The van der Waals surface area contributed by atoms with Gasteiger partial charge in [-0.3, -0.25) is 29.5 Å². The van der Waals surface area contributed by atoms with Crippen LogP contribution in [0.15, 0.2) is 18.2 Å². The first kappa shape index (κ1) is 14.1. The lowest BCUT2D eigenvalue weighted by Crippen LogP contribution is -2.40. The van der Waals surface area contributed by atoms with Crippen molar-refractivity contribution in [1.82, 2.24) is 4.90 Å². The molecule has 0 spiro atoms.